The molecule has 8 heteroatoms. The van der Waals surface area contributed by atoms with Gasteiger partial charge in [0.1, 0.15) is 0 Å². The van der Waals surface area contributed by atoms with Gasteiger partial charge in [-0.2, -0.15) is 0 Å². The smallest absolute Gasteiger partial charge is 0.224 e. The third-order valence-corrected chi connectivity index (χ3v) is 4.16. The Morgan fingerprint density at radius 1 is 1.37 bits per heavy atom. The fraction of sp³-hybridized carbons (Fsp3) is 0.526. The minimum Gasteiger partial charge on any atom is -0.383 e. The zero-order valence-electron chi connectivity index (χ0n) is 15.8. The monoisotopic (exact) mass is 375 g/mol. The van der Waals surface area contributed by atoms with Gasteiger partial charge in [0.25, 0.3) is 0 Å². The van der Waals surface area contributed by atoms with E-state index in [1.165, 1.54) is 0 Å². The minimum atomic E-state index is -0.0660. The summed E-state index contributed by atoms with van der Waals surface area (Å²) in [7, 11) is 1.60. The summed E-state index contributed by atoms with van der Waals surface area (Å²) in [6, 6.07) is 7.57. The normalized spacial score (nSPS) is 14.5. The van der Waals surface area contributed by atoms with Gasteiger partial charge in [0.15, 0.2) is 5.96 Å². The van der Waals surface area contributed by atoms with E-state index in [1.807, 2.05) is 24.3 Å². The molecular formula is C19H29N5O3. The number of hydrogen-bond donors (Lipinski definition) is 4. The Hall–Kier alpha value is -2.61. The molecule has 0 saturated carbocycles. The number of rotatable bonds is 11. The molecule has 0 saturated heterocycles. The predicted molar refractivity (Wildman–Crippen MR) is 106 cm³/mol. The number of carbonyl (C=O) groups is 2. The zero-order valence-corrected chi connectivity index (χ0v) is 15.8. The number of methoxy groups -OCH3 is 1. The fourth-order valence-corrected chi connectivity index (χ4v) is 2.80. The Morgan fingerprint density at radius 3 is 2.85 bits per heavy atom. The molecule has 8 nitrogen and oxygen atoms in total. The number of aliphatic imine (C=N–C) groups is 1. The first-order valence-electron chi connectivity index (χ1n) is 9.31. The molecule has 0 radical (unpaired) electrons. The van der Waals surface area contributed by atoms with Gasteiger partial charge in [-0.15, -0.1) is 0 Å². The molecule has 1 heterocycles. The summed E-state index contributed by atoms with van der Waals surface area (Å²) in [6.07, 6.45) is 3.60. The van der Waals surface area contributed by atoms with E-state index in [0.29, 0.717) is 32.4 Å². The van der Waals surface area contributed by atoms with Crippen LogP contribution in [0.5, 0.6) is 0 Å². The van der Waals surface area contributed by atoms with Gasteiger partial charge in [-0.1, -0.05) is 12.1 Å². The van der Waals surface area contributed by atoms with Crippen molar-refractivity contribution in [2.45, 2.75) is 31.7 Å². The lowest BCUT2D eigenvalue weighted by Gasteiger charge is -2.16. The van der Waals surface area contributed by atoms with E-state index < -0.39 is 0 Å². The van der Waals surface area contributed by atoms with Crippen molar-refractivity contribution in [3.63, 3.8) is 0 Å². The van der Waals surface area contributed by atoms with Crippen molar-refractivity contribution in [3.8, 4) is 0 Å². The Bertz CT molecular complexity index is 618. The van der Waals surface area contributed by atoms with E-state index in [2.05, 4.69) is 26.3 Å². The summed E-state index contributed by atoms with van der Waals surface area (Å²) in [5.74, 6) is 0.816. The van der Waals surface area contributed by atoms with Crippen molar-refractivity contribution < 1.29 is 14.3 Å². The summed E-state index contributed by atoms with van der Waals surface area (Å²) >= 11 is 0. The number of benzene rings is 1. The van der Waals surface area contributed by atoms with E-state index in [0.717, 1.165) is 43.1 Å². The third kappa shape index (κ3) is 8.08. The van der Waals surface area contributed by atoms with E-state index in [-0.39, 0.29) is 11.9 Å². The molecule has 0 aromatic heterocycles. The van der Waals surface area contributed by atoms with Gasteiger partial charge in [-0.05, 0) is 37.0 Å². The molecule has 1 atom stereocenters. The molecule has 2 amide bonds. The van der Waals surface area contributed by atoms with Crippen molar-refractivity contribution in [1.29, 1.82) is 0 Å². The number of amides is 2. The lowest BCUT2D eigenvalue weighted by atomic mass is 10.1. The molecule has 0 bridgehead atoms. The van der Waals surface area contributed by atoms with Crippen LogP contribution in [0.25, 0.3) is 0 Å². The second kappa shape index (κ2) is 11.9. The summed E-state index contributed by atoms with van der Waals surface area (Å²) in [5.41, 5.74) is 1.83. The summed E-state index contributed by atoms with van der Waals surface area (Å²) in [6.45, 7) is 2.96. The molecular weight excluding hydrogens is 346 g/mol. The number of nitrogens with zero attached hydrogens (tertiary/aromatic N) is 1. The topological polar surface area (TPSA) is 104 Å². The van der Waals surface area contributed by atoms with Crippen LogP contribution in [0.1, 0.15) is 24.8 Å². The Balaban J connectivity index is 1.69. The number of ether oxygens (including phenoxy) is 1. The molecule has 0 aliphatic carbocycles. The Labute approximate surface area is 160 Å². The van der Waals surface area contributed by atoms with Crippen molar-refractivity contribution in [1.82, 2.24) is 16.0 Å². The van der Waals surface area contributed by atoms with E-state index in [4.69, 9.17) is 4.74 Å². The molecule has 148 valence electrons. The average molecular weight is 375 g/mol. The minimum absolute atomic E-state index is 0.0111. The number of anilines is 1. The number of carbonyl (C=O) groups excluding carboxylic acids is 2. The number of hydrogen-bond acceptors (Lipinski definition) is 6. The first-order chi connectivity index (χ1) is 13.2. The summed E-state index contributed by atoms with van der Waals surface area (Å²) in [5, 5.41) is 12.0. The summed E-state index contributed by atoms with van der Waals surface area (Å²) in [4.78, 5) is 27.0. The fourth-order valence-electron chi connectivity index (χ4n) is 2.80. The largest absolute Gasteiger partial charge is 0.383 e. The molecule has 4 N–H and O–H groups in total. The highest BCUT2D eigenvalue weighted by molar-refractivity contribution is 5.90. The Morgan fingerprint density at radius 2 is 2.19 bits per heavy atom. The first kappa shape index (κ1) is 20.7. The SMILES string of the molecule is COCC(Cc1ccc(NC(=O)CCCNC2=NCCCN2)cc1)NC=O. The van der Waals surface area contributed by atoms with E-state index in [1.54, 1.807) is 7.11 Å². The molecule has 1 aliphatic heterocycles. The second-order valence-corrected chi connectivity index (χ2v) is 6.43. The molecule has 0 fully saturated rings. The maximum atomic E-state index is 12.0. The molecule has 0 spiro atoms. The van der Waals surface area contributed by atoms with Crippen LogP contribution in [0.4, 0.5) is 5.69 Å². The summed E-state index contributed by atoms with van der Waals surface area (Å²) < 4.78 is 5.10. The van der Waals surface area contributed by atoms with Gasteiger partial charge >= 0.3 is 0 Å². The van der Waals surface area contributed by atoms with Crippen LogP contribution in [-0.2, 0) is 20.7 Å². The van der Waals surface area contributed by atoms with Crippen LogP contribution in [-0.4, -0.2) is 57.7 Å². The van der Waals surface area contributed by atoms with Crippen LogP contribution < -0.4 is 21.3 Å². The first-order valence-corrected chi connectivity index (χ1v) is 9.31. The van der Waals surface area contributed by atoms with E-state index in [9.17, 15) is 9.59 Å². The molecule has 27 heavy (non-hydrogen) atoms. The van der Waals surface area contributed by atoms with Gasteiger partial charge in [0.2, 0.25) is 12.3 Å². The second-order valence-electron chi connectivity index (χ2n) is 6.43. The number of nitrogens with one attached hydrogen (secondary N) is 4. The van der Waals surface area contributed by atoms with Gasteiger partial charge in [-0.3, -0.25) is 14.6 Å². The van der Waals surface area contributed by atoms with E-state index >= 15 is 0 Å². The van der Waals surface area contributed by atoms with Gasteiger partial charge in [0.05, 0.1) is 12.6 Å². The van der Waals surface area contributed by atoms with Crippen molar-refractivity contribution >= 4 is 24.0 Å². The zero-order chi connectivity index (χ0) is 19.3. The van der Waals surface area contributed by atoms with Gasteiger partial charge in [0, 0.05) is 38.9 Å². The van der Waals surface area contributed by atoms with Crippen molar-refractivity contribution in [3.05, 3.63) is 29.8 Å². The van der Waals surface area contributed by atoms with Crippen LogP contribution in [0.3, 0.4) is 0 Å². The Kier molecular flexibility index (Phi) is 9.12. The highest BCUT2D eigenvalue weighted by Gasteiger charge is 2.09. The maximum absolute atomic E-state index is 12.0. The van der Waals surface area contributed by atoms with Gasteiger partial charge < -0.3 is 26.0 Å². The highest BCUT2D eigenvalue weighted by Crippen LogP contribution is 2.12. The lowest BCUT2D eigenvalue weighted by Crippen LogP contribution is -2.41. The van der Waals surface area contributed by atoms with Gasteiger partial charge in [-0.25, -0.2) is 0 Å². The van der Waals surface area contributed by atoms with Crippen LogP contribution in [0.2, 0.25) is 0 Å². The highest BCUT2D eigenvalue weighted by atomic mass is 16.5. The quantitative estimate of drug-likeness (QED) is 0.336. The average Bonchev–Trinajstić information content (AvgIpc) is 2.68. The van der Waals surface area contributed by atoms with Crippen molar-refractivity contribution in [2.75, 3.05) is 38.7 Å². The lowest BCUT2D eigenvalue weighted by molar-refractivity contribution is -0.116. The van der Waals surface area contributed by atoms with Crippen molar-refractivity contribution in [2.24, 2.45) is 4.99 Å². The predicted octanol–water partition coefficient (Wildman–Crippen LogP) is 0.648. The third-order valence-electron chi connectivity index (χ3n) is 4.16. The molecule has 1 aromatic rings. The van der Waals surface area contributed by atoms with Crippen LogP contribution in [0, 0.1) is 0 Å². The standard InChI is InChI=1S/C19H29N5O3/c1-27-13-17(23-14-25)12-15-5-7-16(8-6-15)24-18(26)4-2-9-20-19-21-10-3-11-22-19/h5-8,14,17H,2-4,9-13H2,1H3,(H,23,25)(H,24,26)(H2,20,21,22). The molecule has 2 rings (SSSR count). The number of guanidine groups is 1. The molecule has 1 aliphatic rings. The molecule has 1 aromatic carbocycles. The van der Waals surface area contributed by atoms with Crippen LogP contribution >= 0.6 is 0 Å². The molecule has 1 unspecified atom stereocenters. The maximum Gasteiger partial charge on any atom is 0.224 e. The van der Waals surface area contributed by atoms with Crippen LogP contribution in [0.15, 0.2) is 29.3 Å².